The fraction of sp³-hybridized carbons (Fsp3) is 0.296. The number of nitrogens with zero attached hydrogens (tertiary/aromatic N) is 1. The molecule has 4 rings (SSSR count). The highest BCUT2D eigenvalue weighted by Crippen LogP contribution is 2.30. The lowest BCUT2D eigenvalue weighted by Gasteiger charge is -2.22. The van der Waals surface area contributed by atoms with E-state index < -0.39 is 0 Å². The van der Waals surface area contributed by atoms with Crippen LogP contribution in [0.5, 0.6) is 0 Å². The first-order valence-corrected chi connectivity index (χ1v) is 11.4. The van der Waals surface area contributed by atoms with Crippen LogP contribution in [0.4, 0.5) is 5.69 Å². The van der Waals surface area contributed by atoms with E-state index in [1.54, 1.807) is 36.7 Å². The fourth-order valence-electron chi connectivity index (χ4n) is 4.20. The number of nitrogens with two attached hydrogens (primary N) is 1. The number of benzene rings is 2. The van der Waals surface area contributed by atoms with Crippen LogP contribution in [0.25, 0.3) is 11.1 Å². The number of nitrogens with one attached hydrogen (secondary N) is 1. The van der Waals surface area contributed by atoms with Gasteiger partial charge in [0.05, 0.1) is 5.56 Å². The molecule has 1 unspecified atom stereocenters. The summed E-state index contributed by atoms with van der Waals surface area (Å²) in [5.41, 5.74) is 10.4. The monoisotopic (exact) mass is 443 g/mol. The molecule has 6 nitrogen and oxygen atoms in total. The third-order valence-corrected chi connectivity index (χ3v) is 5.98. The summed E-state index contributed by atoms with van der Waals surface area (Å²) in [6.07, 6.45) is 8.50. The first-order chi connectivity index (χ1) is 16.0. The van der Waals surface area contributed by atoms with Gasteiger partial charge >= 0.3 is 5.97 Å². The normalized spacial score (nSPS) is 15.0. The Morgan fingerprint density at radius 2 is 1.76 bits per heavy atom. The van der Waals surface area contributed by atoms with Crippen molar-refractivity contribution in [3.8, 4) is 11.1 Å². The number of aromatic nitrogens is 1. The van der Waals surface area contributed by atoms with Crippen LogP contribution < -0.4 is 11.1 Å². The summed E-state index contributed by atoms with van der Waals surface area (Å²) in [6.45, 7) is 1.90. The maximum atomic E-state index is 12.8. The zero-order valence-electron chi connectivity index (χ0n) is 18.8. The Labute approximate surface area is 194 Å². The van der Waals surface area contributed by atoms with Gasteiger partial charge in [-0.3, -0.25) is 9.78 Å². The van der Waals surface area contributed by atoms with Crippen molar-refractivity contribution in [2.75, 3.05) is 5.32 Å². The van der Waals surface area contributed by atoms with E-state index in [0.717, 1.165) is 42.4 Å². The van der Waals surface area contributed by atoms with Crippen LogP contribution in [0.3, 0.4) is 0 Å². The first-order valence-electron chi connectivity index (χ1n) is 11.4. The second-order valence-corrected chi connectivity index (χ2v) is 8.53. The van der Waals surface area contributed by atoms with Crippen LogP contribution in [-0.2, 0) is 4.74 Å². The lowest BCUT2D eigenvalue weighted by Crippen LogP contribution is -2.20. The Balaban J connectivity index is 1.61. The molecule has 170 valence electrons. The number of anilines is 1. The van der Waals surface area contributed by atoms with Gasteiger partial charge in [-0.25, -0.2) is 4.79 Å². The van der Waals surface area contributed by atoms with Crippen LogP contribution >= 0.6 is 0 Å². The average molecular weight is 444 g/mol. The molecule has 1 fully saturated rings. The maximum absolute atomic E-state index is 12.8. The van der Waals surface area contributed by atoms with Gasteiger partial charge in [0.15, 0.2) is 0 Å². The van der Waals surface area contributed by atoms with Crippen molar-refractivity contribution in [2.45, 2.75) is 51.2 Å². The zero-order chi connectivity index (χ0) is 23.2. The lowest BCUT2D eigenvalue weighted by atomic mass is 9.92. The number of carbonyl (C=O) groups is 2. The molecular weight excluding hydrogens is 414 g/mol. The minimum Gasteiger partial charge on any atom is -0.459 e. The number of rotatable bonds is 6. The zero-order valence-corrected chi connectivity index (χ0v) is 18.8. The van der Waals surface area contributed by atoms with E-state index in [9.17, 15) is 9.59 Å². The topological polar surface area (TPSA) is 94.3 Å². The molecule has 2 aromatic carbocycles. The van der Waals surface area contributed by atoms with Crippen LogP contribution in [0.1, 0.15) is 71.3 Å². The Hall–Kier alpha value is -3.51. The van der Waals surface area contributed by atoms with Gasteiger partial charge in [-0.2, -0.15) is 0 Å². The highest BCUT2D eigenvalue weighted by molar-refractivity contribution is 6.05. The van der Waals surface area contributed by atoms with Crippen LogP contribution in [0, 0.1) is 0 Å². The first kappa shape index (κ1) is 22.7. The molecule has 0 spiro atoms. The summed E-state index contributed by atoms with van der Waals surface area (Å²) in [5, 5.41) is 2.88. The van der Waals surface area contributed by atoms with Crippen molar-refractivity contribution in [1.29, 1.82) is 0 Å². The summed E-state index contributed by atoms with van der Waals surface area (Å²) >= 11 is 0. The van der Waals surface area contributed by atoms with Crippen molar-refractivity contribution in [3.63, 3.8) is 0 Å². The molecule has 1 amide bonds. The van der Waals surface area contributed by atoms with Crippen LogP contribution in [0.15, 0.2) is 67.0 Å². The van der Waals surface area contributed by atoms with E-state index in [1.165, 1.54) is 6.42 Å². The van der Waals surface area contributed by atoms with Crippen LogP contribution in [0.2, 0.25) is 0 Å². The third kappa shape index (κ3) is 5.65. The Morgan fingerprint density at radius 3 is 2.48 bits per heavy atom. The molecule has 0 aliphatic heterocycles. The molecule has 1 atom stereocenters. The minimum absolute atomic E-state index is 0.00487. The molecule has 33 heavy (non-hydrogen) atoms. The minimum atomic E-state index is -0.308. The number of carbonyl (C=O) groups excluding carboxylic acids is 2. The molecule has 0 bridgehead atoms. The fourth-order valence-corrected chi connectivity index (χ4v) is 4.20. The second-order valence-electron chi connectivity index (χ2n) is 8.53. The smallest absolute Gasteiger partial charge is 0.338 e. The van der Waals surface area contributed by atoms with Gasteiger partial charge in [-0.15, -0.1) is 0 Å². The van der Waals surface area contributed by atoms with E-state index in [-0.39, 0.29) is 24.0 Å². The maximum Gasteiger partial charge on any atom is 0.338 e. The molecule has 1 heterocycles. The summed E-state index contributed by atoms with van der Waals surface area (Å²) in [5.74, 6) is -0.538. The number of hydrogen-bond acceptors (Lipinski definition) is 5. The van der Waals surface area contributed by atoms with Crippen molar-refractivity contribution < 1.29 is 14.3 Å². The molecule has 6 heteroatoms. The Kier molecular flexibility index (Phi) is 7.15. The van der Waals surface area contributed by atoms with Crippen molar-refractivity contribution >= 4 is 17.6 Å². The molecule has 1 saturated carbocycles. The van der Waals surface area contributed by atoms with Crippen molar-refractivity contribution in [2.24, 2.45) is 5.73 Å². The van der Waals surface area contributed by atoms with E-state index in [1.807, 2.05) is 37.3 Å². The molecule has 1 aliphatic rings. The Morgan fingerprint density at radius 1 is 1.00 bits per heavy atom. The van der Waals surface area contributed by atoms with Gasteiger partial charge in [0, 0.05) is 29.7 Å². The molecule has 3 aromatic rings. The quantitative estimate of drug-likeness (QED) is 0.490. The van der Waals surface area contributed by atoms with Crippen molar-refractivity contribution in [1.82, 2.24) is 4.98 Å². The molecule has 3 N–H and O–H groups in total. The van der Waals surface area contributed by atoms with E-state index in [0.29, 0.717) is 16.8 Å². The van der Waals surface area contributed by atoms with E-state index in [4.69, 9.17) is 10.5 Å². The van der Waals surface area contributed by atoms with Gasteiger partial charge in [-0.1, -0.05) is 24.6 Å². The number of hydrogen-bond donors (Lipinski definition) is 2. The molecule has 1 aromatic heterocycles. The SMILES string of the molecule is CC(N)c1ccc(C(=O)Nc2ccncc2)cc1-c1cccc(C(=O)OC2CCCCC2)c1. The second kappa shape index (κ2) is 10.4. The summed E-state index contributed by atoms with van der Waals surface area (Å²) < 4.78 is 5.74. The number of esters is 1. The standard InChI is InChI=1S/C27H29N3O3/c1-18(28)24-11-10-20(26(31)30-22-12-14-29-15-13-22)17-25(24)19-6-5-7-21(16-19)27(32)33-23-8-3-2-4-9-23/h5-7,10-18,23H,2-4,8-9,28H2,1H3,(H,29,30,31). The highest BCUT2D eigenvalue weighted by atomic mass is 16.5. The van der Waals surface area contributed by atoms with E-state index >= 15 is 0 Å². The lowest BCUT2D eigenvalue weighted by molar-refractivity contribution is 0.0211. The summed E-state index contributed by atoms with van der Waals surface area (Å²) in [4.78, 5) is 29.6. The van der Waals surface area contributed by atoms with Crippen LogP contribution in [-0.4, -0.2) is 23.0 Å². The van der Waals surface area contributed by atoms with Gasteiger partial charge in [0.25, 0.3) is 5.91 Å². The average Bonchev–Trinajstić information content (AvgIpc) is 2.85. The number of ether oxygens (including phenoxy) is 1. The summed E-state index contributed by atoms with van der Waals surface area (Å²) in [7, 11) is 0. The predicted molar refractivity (Wildman–Crippen MR) is 129 cm³/mol. The molecule has 0 radical (unpaired) electrons. The molecule has 1 aliphatic carbocycles. The molecular formula is C27H29N3O3. The van der Waals surface area contributed by atoms with Gasteiger partial charge in [0.1, 0.15) is 6.10 Å². The number of amides is 1. The van der Waals surface area contributed by atoms with E-state index in [2.05, 4.69) is 10.3 Å². The van der Waals surface area contributed by atoms with Gasteiger partial charge < -0.3 is 15.8 Å². The third-order valence-electron chi connectivity index (χ3n) is 5.98. The molecule has 0 saturated heterocycles. The highest BCUT2D eigenvalue weighted by Gasteiger charge is 2.20. The largest absolute Gasteiger partial charge is 0.459 e. The Bertz CT molecular complexity index is 1120. The summed E-state index contributed by atoms with van der Waals surface area (Å²) in [6, 6.07) is 16.0. The number of pyridine rings is 1. The van der Waals surface area contributed by atoms with Crippen molar-refractivity contribution in [3.05, 3.63) is 83.7 Å². The van der Waals surface area contributed by atoms with Gasteiger partial charge in [-0.05, 0) is 85.7 Å². The predicted octanol–water partition coefficient (Wildman–Crippen LogP) is 5.51. The van der Waals surface area contributed by atoms with Gasteiger partial charge in [0.2, 0.25) is 0 Å².